The highest BCUT2D eigenvalue weighted by atomic mass is 35.5. The zero-order valence-corrected chi connectivity index (χ0v) is 17.1. The van der Waals surface area contributed by atoms with E-state index in [9.17, 15) is 9.59 Å². The second-order valence-electron chi connectivity index (χ2n) is 7.33. The highest BCUT2D eigenvalue weighted by Gasteiger charge is 2.30. The van der Waals surface area contributed by atoms with Crippen molar-refractivity contribution < 1.29 is 14.3 Å². The van der Waals surface area contributed by atoms with Gasteiger partial charge in [0.1, 0.15) is 5.75 Å². The van der Waals surface area contributed by atoms with Gasteiger partial charge in [-0.2, -0.15) is 0 Å². The van der Waals surface area contributed by atoms with Crippen molar-refractivity contribution in [1.29, 1.82) is 0 Å². The Morgan fingerprint density at radius 2 is 1.78 bits per heavy atom. The first-order valence-corrected chi connectivity index (χ1v) is 9.85. The Morgan fingerprint density at radius 1 is 1.15 bits per heavy atom. The number of ether oxygens (including phenoxy) is 1. The molecule has 0 radical (unpaired) electrons. The molecule has 0 spiro atoms. The molecule has 2 rings (SSSR count). The van der Waals surface area contributed by atoms with E-state index in [0.717, 1.165) is 25.8 Å². The van der Waals surface area contributed by atoms with Gasteiger partial charge in [-0.25, -0.2) is 0 Å². The van der Waals surface area contributed by atoms with Gasteiger partial charge in [-0.1, -0.05) is 11.6 Å². The molecule has 1 aliphatic carbocycles. The maximum absolute atomic E-state index is 12.6. The molecule has 0 unspecified atom stereocenters. The summed E-state index contributed by atoms with van der Waals surface area (Å²) in [6, 6.07) is 5.14. The first-order valence-electron chi connectivity index (χ1n) is 9.47. The van der Waals surface area contributed by atoms with Gasteiger partial charge in [-0.3, -0.25) is 9.59 Å². The number of amides is 2. The Balaban J connectivity index is 1.79. The second-order valence-corrected chi connectivity index (χ2v) is 7.77. The van der Waals surface area contributed by atoms with Crippen molar-refractivity contribution >= 4 is 29.1 Å². The van der Waals surface area contributed by atoms with Crippen LogP contribution < -0.4 is 15.4 Å². The third-order valence-electron chi connectivity index (χ3n) is 4.97. The van der Waals surface area contributed by atoms with Crippen LogP contribution in [-0.4, -0.2) is 51.0 Å². The Hall–Kier alpha value is -1.79. The summed E-state index contributed by atoms with van der Waals surface area (Å²) in [6.07, 6.45) is 3.85. The molecule has 27 heavy (non-hydrogen) atoms. The number of carbonyl (C=O) groups is 2. The Kier molecular flexibility index (Phi) is 8.38. The molecule has 0 atom stereocenters. The van der Waals surface area contributed by atoms with Crippen molar-refractivity contribution in [2.45, 2.75) is 32.1 Å². The summed E-state index contributed by atoms with van der Waals surface area (Å²) in [5.74, 6) is 0.573. The van der Waals surface area contributed by atoms with Crippen LogP contribution in [0.5, 0.6) is 5.75 Å². The standard InChI is InChI=1S/C20H30ClN3O3/c1-24(2)12-4-11-22-19(25)14-5-7-15(8-6-14)20(26)23-17-13-16(21)9-10-18(17)27-3/h9-10,13-15H,4-8,11-12H2,1-3H3,(H,22,25)(H,23,26). The Bertz CT molecular complexity index is 643. The van der Waals surface area contributed by atoms with E-state index in [1.807, 2.05) is 14.1 Å². The van der Waals surface area contributed by atoms with Crippen molar-refractivity contribution in [2.75, 3.05) is 39.6 Å². The molecule has 0 aromatic heterocycles. The lowest BCUT2D eigenvalue weighted by molar-refractivity contribution is -0.128. The minimum Gasteiger partial charge on any atom is -0.495 e. The average Bonchev–Trinajstić information content (AvgIpc) is 2.65. The van der Waals surface area contributed by atoms with Crippen LogP contribution in [0.2, 0.25) is 5.02 Å². The molecule has 2 N–H and O–H groups in total. The summed E-state index contributed by atoms with van der Waals surface area (Å²) in [4.78, 5) is 27.0. The largest absolute Gasteiger partial charge is 0.495 e. The quantitative estimate of drug-likeness (QED) is 0.663. The monoisotopic (exact) mass is 395 g/mol. The van der Waals surface area contributed by atoms with E-state index in [4.69, 9.17) is 16.3 Å². The van der Waals surface area contributed by atoms with Crippen molar-refractivity contribution in [2.24, 2.45) is 11.8 Å². The lowest BCUT2D eigenvalue weighted by Crippen LogP contribution is -2.36. The molecule has 0 saturated heterocycles. The number of anilines is 1. The first kappa shape index (κ1) is 21.5. The summed E-state index contributed by atoms with van der Waals surface area (Å²) >= 11 is 6.01. The summed E-state index contributed by atoms with van der Waals surface area (Å²) in [5, 5.41) is 6.47. The minimum absolute atomic E-state index is 0.00844. The average molecular weight is 396 g/mol. The molecule has 2 amide bonds. The smallest absolute Gasteiger partial charge is 0.227 e. The molecule has 0 bridgehead atoms. The number of nitrogens with zero attached hydrogens (tertiary/aromatic N) is 1. The van der Waals surface area contributed by atoms with E-state index in [2.05, 4.69) is 15.5 Å². The number of hydrogen-bond donors (Lipinski definition) is 2. The Labute approximate surface area is 166 Å². The zero-order valence-electron chi connectivity index (χ0n) is 16.4. The number of halogens is 1. The first-order chi connectivity index (χ1) is 12.9. The number of carbonyl (C=O) groups excluding carboxylic acids is 2. The predicted octanol–water partition coefficient (Wildman–Crippen LogP) is 3.16. The van der Waals surface area contributed by atoms with Gasteiger partial charge >= 0.3 is 0 Å². The lowest BCUT2D eigenvalue weighted by atomic mass is 9.81. The molecule has 1 fully saturated rings. The molecule has 7 heteroatoms. The van der Waals surface area contributed by atoms with Gasteiger partial charge in [0.2, 0.25) is 11.8 Å². The predicted molar refractivity (Wildman–Crippen MR) is 108 cm³/mol. The molecule has 1 aliphatic rings. The molecular weight excluding hydrogens is 366 g/mol. The number of rotatable bonds is 8. The van der Waals surface area contributed by atoms with Crippen LogP contribution >= 0.6 is 11.6 Å². The zero-order chi connectivity index (χ0) is 19.8. The van der Waals surface area contributed by atoms with Crippen molar-refractivity contribution in [3.05, 3.63) is 23.2 Å². The van der Waals surface area contributed by atoms with Crippen molar-refractivity contribution in [3.63, 3.8) is 0 Å². The van der Waals surface area contributed by atoms with Crippen LogP contribution in [0.1, 0.15) is 32.1 Å². The number of hydrogen-bond acceptors (Lipinski definition) is 4. The summed E-state index contributed by atoms with van der Waals surface area (Å²) in [6.45, 7) is 1.66. The van der Waals surface area contributed by atoms with Crippen LogP contribution in [0.15, 0.2) is 18.2 Å². The minimum atomic E-state index is -0.0912. The van der Waals surface area contributed by atoms with E-state index < -0.39 is 0 Å². The highest BCUT2D eigenvalue weighted by molar-refractivity contribution is 6.31. The van der Waals surface area contributed by atoms with Gasteiger partial charge in [0.25, 0.3) is 0 Å². The van der Waals surface area contributed by atoms with Crippen LogP contribution in [0.4, 0.5) is 5.69 Å². The molecule has 6 nitrogen and oxygen atoms in total. The molecule has 1 aromatic rings. The normalized spacial score (nSPS) is 19.6. The van der Waals surface area contributed by atoms with Gasteiger partial charge in [0.05, 0.1) is 12.8 Å². The van der Waals surface area contributed by atoms with Crippen LogP contribution in [0.3, 0.4) is 0 Å². The fraction of sp³-hybridized carbons (Fsp3) is 0.600. The topological polar surface area (TPSA) is 70.7 Å². The van der Waals surface area contributed by atoms with E-state index in [0.29, 0.717) is 35.8 Å². The molecule has 1 saturated carbocycles. The molecule has 0 heterocycles. The van der Waals surface area contributed by atoms with Gasteiger partial charge < -0.3 is 20.3 Å². The lowest BCUT2D eigenvalue weighted by Gasteiger charge is -2.27. The van der Waals surface area contributed by atoms with E-state index in [1.54, 1.807) is 25.3 Å². The van der Waals surface area contributed by atoms with E-state index in [1.165, 1.54) is 0 Å². The third-order valence-corrected chi connectivity index (χ3v) is 5.20. The number of methoxy groups -OCH3 is 1. The molecule has 0 aliphatic heterocycles. The SMILES string of the molecule is COc1ccc(Cl)cc1NC(=O)C1CCC(C(=O)NCCCN(C)C)CC1. The third kappa shape index (κ3) is 6.70. The Morgan fingerprint density at radius 3 is 2.37 bits per heavy atom. The summed E-state index contributed by atoms with van der Waals surface area (Å²) < 4.78 is 5.27. The molecule has 150 valence electrons. The maximum atomic E-state index is 12.6. The van der Waals surface area contributed by atoms with Crippen LogP contribution in [0, 0.1) is 11.8 Å². The maximum Gasteiger partial charge on any atom is 0.227 e. The van der Waals surface area contributed by atoms with Crippen molar-refractivity contribution in [3.8, 4) is 5.75 Å². The van der Waals surface area contributed by atoms with Gasteiger partial charge in [0, 0.05) is 23.4 Å². The van der Waals surface area contributed by atoms with Gasteiger partial charge in [-0.05, 0) is 70.9 Å². The summed E-state index contributed by atoms with van der Waals surface area (Å²) in [7, 11) is 5.60. The van der Waals surface area contributed by atoms with Gasteiger partial charge in [0.15, 0.2) is 0 Å². The fourth-order valence-corrected chi connectivity index (χ4v) is 3.55. The van der Waals surface area contributed by atoms with Crippen LogP contribution in [0.25, 0.3) is 0 Å². The second kappa shape index (κ2) is 10.5. The van der Waals surface area contributed by atoms with E-state index >= 15 is 0 Å². The van der Waals surface area contributed by atoms with Crippen LogP contribution in [-0.2, 0) is 9.59 Å². The number of nitrogens with one attached hydrogen (secondary N) is 2. The highest BCUT2D eigenvalue weighted by Crippen LogP contribution is 2.32. The fourth-order valence-electron chi connectivity index (χ4n) is 3.38. The van der Waals surface area contributed by atoms with Gasteiger partial charge in [-0.15, -0.1) is 0 Å². The van der Waals surface area contributed by atoms with Crippen molar-refractivity contribution in [1.82, 2.24) is 10.2 Å². The van der Waals surface area contributed by atoms with E-state index in [-0.39, 0.29) is 23.7 Å². The number of benzene rings is 1. The summed E-state index contributed by atoms with van der Waals surface area (Å²) in [5.41, 5.74) is 0.579. The molecule has 1 aromatic carbocycles. The molecular formula is C20H30ClN3O3.